The second-order valence-electron chi connectivity index (χ2n) is 7.14. The molecule has 1 atom stereocenters. The highest BCUT2D eigenvalue weighted by molar-refractivity contribution is 5.82. The summed E-state index contributed by atoms with van der Waals surface area (Å²) in [7, 11) is 1.91. The third-order valence-corrected chi connectivity index (χ3v) is 4.82. The van der Waals surface area contributed by atoms with E-state index in [0.717, 1.165) is 18.4 Å². The molecule has 1 aliphatic rings. The van der Waals surface area contributed by atoms with E-state index >= 15 is 0 Å². The molecule has 1 aliphatic carbocycles. The Bertz CT molecular complexity index is 459. The number of hydrogen-bond donors (Lipinski definition) is 1. The average molecular weight is 288 g/mol. The van der Waals surface area contributed by atoms with Gasteiger partial charge in [0.15, 0.2) is 0 Å². The van der Waals surface area contributed by atoms with E-state index in [0.29, 0.717) is 17.9 Å². The number of nitrogens with zero attached hydrogens (tertiary/aromatic N) is 1. The second kappa shape index (κ2) is 6.61. The smallest absolute Gasteiger partial charge is 0.239 e. The summed E-state index contributed by atoms with van der Waals surface area (Å²) >= 11 is 0. The third-order valence-electron chi connectivity index (χ3n) is 4.82. The van der Waals surface area contributed by atoms with E-state index in [1.54, 1.807) is 0 Å². The monoisotopic (exact) mass is 288 g/mol. The molecule has 1 amide bonds. The predicted octanol–water partition coefficient (Wildman–Crippen LogP) is 2.98. The molecule has 1 fully saturated rings. The van der Waals surface area contributed by atoms with E-state index < -0.39 is 6.04 Å². The summed E-state index contributed by atoms with van der Waals surface area (Å²) in [4.78, 5) is 14.4. The molecule has 0 aliphatic heterocycles. The van der Waals surface area contributed by atoms with E-state index in [4.69, 9.17) is 5.73 Å². The molecule has 116 valence electrons. The highest BCUT2D eigenvalue weighted by Crippen LogP contribution is 2.36. The van der Waals surface area contributed by atoms with Crippen LogP contribution in [0, 0.1) is 5.41 Å². The van der Waals surface area contributed by atoms with Gasteiger partial charge in [-0.05, 0) is 43.1 Å². The van der Waals surface area contributed by atoms with Crippen LogP contribution in [-0.2, 0) is 11.2 Å². The Morgan fingerprint density at radius 2 is 1.86 bits per heavy atom. The third kappa shape index (κ3) is 4.31. The first kappa shape index (κ1) is 16.0. The minimum Gasteiger partial charge on any atom is -0.341 e. The first-order valence-corrected chi connectivity index (χ1v) is 7.95. The van der Waals surface area contributed by atoms with Gasteiger partial charge in [0.25, 0.3) is 0 Å². The van der Waals surface area contributed by atoms with Gasteiger partial charge in [-0.3, -0.25) is 4.79 Å². The summed E-state index contributed by atoms with van der Waals surface area (Å²) in [6, 6.07) is 9.91. The summed E-state index contributed by atoms with van der Waals surface area (Å²) in [5.74, 6) is 0.0727. The standard InChI is InChI=1S/C18H28N2O/c1-18(2)11-9-15(10-12-18)20(3)17(21)16(19)13-14-7-5-4-6-8-14/h4-8,15-16H,9-13,19H2,1-3H3/t16-/m0/s1. The molecule has 0 bridgehead atoms. The van der Waals surface area contributed by atoms with E-state index in [1.807, 2.05) is 42.3 Å². The van der Waals surface area contributed by atoms with Crippen LogP contribution in [0.5, 0.6) is 0 Å². The van der Waals surface area contributed by atoms with Gasteiger partial charge in [0.2, 0.25) is 5.91 Å². The first-order valence-electron chi connectivity index (χ1n) is 7.95. The highest BCUT2D eigenvalue weighted by Gasteiger charge is 2.31. The fourth-order valence-electron chi connectivity index (χ4n) is 3.17. The molecule has 2 N–H and O–H groups in total. The van der Waals surface area contributed by atoms with Gasteiger partial charge >= 0.3 is 0 Å². The van der Waals surface area contributed by atoms with Crippen molar-refractivity contribution in [2.45, 2.75) is 58.0 Å². The zero-order valence-corrected chi connectivity index (χ0v) is 13.5. The Balaban J connectivity index is 1.90. The minimum atomic E-state index is -0.438. The Hall–Kier alpha value is -1.35. The molecule has 21 heavy (non-hydrogen) atoms. The molecule has 0 saturated heterocycles. The average Bonchev–Trinajstić information content (AvgIpc) is 2.46. The lowest BCUT2D eigenvalue weighted by atomic mass is 9.75. The molecule has 1 aromatic carbocycles. The lowest BCUT2D eigenvalue weighted by Crippen LogP contribution is -2.48. The minimum absolute atomic E-state index is 0.0727. The number of likely N-dealkylation sites (N-methyl/N-ethyl adjacent to an activating group) is 1. The lowest BCUT2D eigenvalue weighted by molar-refractivity contribution is -0.134. The van der Waals surface area contributed by atoms with Gasteiger partial charge in [-0.15, -0.1) is 0 Å². The zero-order chi connectivity index (χ0) is 15.5. The topological polar surface area (TPSA) is 46.3 Å². The molecule has 2 rings (SSSR count). The fraction of sp³-hybridized carbons (Fsp3) is 0.611. The van der Waals surface area contributed by atoms with Crippen LogP contribution < -0.4 is 5.73 Å². The van der Waals surface area contributed by atoms with Gasteiger partial charge in [0.05, 0.1) is 6.04 Å². The summed E-state index contributed by atoms with van der Waals surface area (Å²) < 4.78 is 0. The van der Waals surface area contributed by atoms with Gasteiger partial charge in [0, 0.05) is 13.1 Å². The summed E-state index contributed by atoms with van der Waals surface area (Å²) in [6.07, 6.45) is 5.16. The van der Waals surface area contributed by atoms with E-state index in [1.165, 1.54) is 12.8 Å². The SMILES string of the molecule is CN(C(=O)[C@@H](N)Cc1ccccc1)C1CCC(C)(C)CC1. The van der Waals surface area contributed by atoms with Gasteiger partial charge in [-0.1, -0.05) is 44.2 Å². The van der Waals surface area contributed by atoms with Crippen molar-refractivity contribution in [3.8, 4) is 0 Å². The zero-order valence-electron chi connectivity index (χ0n) is 13.5. The maximum absolute atomic E-state index is 12.5. The second-order valence-corrected chi connectivity index (χ2v) is 7.14. The largest absolute Gasteiger partial charge is 0.341 e. The Kier molecular flexibility index (Phi) is 5.04. The number of rotatable bonds is 4. The van der Waals surface area contributed by atoms with E-state index in [2.05, 4.69) is 13.8 Å². The van der Waals surface area contributed by atoms with Gasteiger partial charge in [-0.2, -0.15) is 0 Å². The number of carbonyl (C=O) groups is 1. The Labute approximate surface area is 128 Å². The van der Waals surface area contributed by atoms with Crippen LogP contribution in [-0.4, -0.2) is 29.9 Å². The van der Waals surface area contributed by atoms with Crippen LogP contribution >= 0.6 is 0 Å². The predicted molar refractivity (Wildman–Crippen MR) is 86.9 cm³/mol. The fourth-order valence-corrected chi connectivity index (χ4v) is 3.17. The molecule has 0 unspecified atom stereocenters. The number of nitrogens with two attached hydrogens (primary N) is 1. The van der Waals surface area contributed by atoms with Crippen molar-refractivity contribution >= 4 is 5.91 Å². The first-order chi connectivity index (χ1) is 9.89. The summed E-state index contributed by atoms with van der Waals surface area (Å²) in [5.41, 5.74) is 7.66. The van der Waals surface area contributed by atoms with Crippen LogP contribution in [0.2, 0.25) is 0 Å². The van der Waals surface area contributed by atoms with E-state index in [-0.39, 0.29) is 5.91 Å². The van der Waals surface area contributed by atoms with Crippen molar-refractivity contribution in [3.05, 3.63) is 35.9 Å². The number of carbonyl (C=O) groups excluding carboxylic acids is 1. The molecule has 3 nitrogen and oxygen atoms in total. The van der Waals surface area contributed by atoms with E-state index in [9.17, 15) is 4.79 Å². The van der Waals surface area contributed by atoms with Crippen LogP contribution in [0.25, 0.3) is 0 Å². The van der Waals surface area contributed by atoms with Crippen LogP contribution in [0.15, 0.2) is 30.3 Å². The van der Waals surface area contributed by atoms with Crippen LogP contribution in [0.1, 0.15) is 45.1 Å². The number of benzene rings is 1. The number of amides is 1. The van der Waals surface area contributed by atoms with Gasteiger partial charge in [-0.25, -0.2) is 0 Å². The molecular weight excluding hydrogens is 260 g/mol. The van der Waals surface area contributed by atoms with Crippen molar-refractivity contribution in [1.82, 2.24) is 4.90 Å². The summed E-state index contributed by atoms with van der Waals surface area (Å²) in [6.45, 7) is 4.62. The van der Waals surface area contributed by atoms with Gasteiger partial charge < -0.3 is 10.6 Å². The van der Waals surface area contributed by atoms with Gasteiger partial charge in [0.1, 0.15) is 0 Å². The molecule has 0 aromatic heterocycles. The molecule has 0 spiro atoms. The summed E-state index contributed by atoms with van der Waals surface area (Å²) in [5, 5.41) is 0. The van der Waals surface area contributed by atoms with Crippen molar-refractivity contribution in [1.29, 1.82) is 0 Å². The van der Waals surface area contributed by atoms with Crippen LogP contribution in [0.4, 0.5) is 0 Å². The molecule has 3 heteroatoms. The molecule has 0 heterocycles. The van der Waals surface area contributed by atoms with Crippen molar-refractivity contribution in [2.24, 2.45) is 11.1 Å². The lowest BCUT2D eigenvalue weighted by Gasteiger charge is -2.39. The maximum atomic E-state index is 12.5. The van der Waals surface area contributed by atoms with Crippen LogP contribution in [0.3, 0.4) is 0 Å². The highest BCUT2D eigenvalue weighted by atomic mass is 16.2. The maximum Gasteiger partial charge on any atom is 0.239 e. The number of hydrogen-bond acceptors (Lipinski definition) is 2. The normalized spacial score (nSPS) is 20.0. The Morgan fingerprint density at radius 3 is 2.43 bits per heavy atom. The molecule has 1 saturated carbocycles. The van der Waals surface area contributed by atoms with Crippen molar-refractivity contribution in [2.75, 3.05) is 7.05 Å². The van der Waals surface area contributed by atoms with Crippen molar-refractivity contribution < 1.29 is 4.79 Å². The quantitative estimate of drug-likeness (QED) is 0.926. The molecular formula is C18H28N2O. The van der Waals surface area contributed by atoms with Crippen molar-refractivity contribution in [3.63, 3.8) is 0 Å². The molecule has 0 radical (unpaired) electrons. The molecule has 1 aromatic rings. The Morgan fingerprint density at radius 1 is 1.29 bits per heavy atom.